The summed E-state index contributed by atoms with van der Waals surface area (Å²) in [5.74, 6) is 1.32. The average Bonchev–Trinajstić information content (AvgIpc) is 2.64. The summed E-state index contributed by atoms with van der Waals surface area (Å²) >= 11 is 5.83. The molecule has 124 valence electrons. The smallest absolute Gasteiger partial charge is 0.187 e. The zero-order chi connectivity index (χ0) is 17.5. The predicted molar refractivity (Wildman–Crippen MR) is 102 cm³/mol. The van der Waals surface area contributed by atoms with E-state index in [1.807, 2.05) is 54.6 Å². The highest BCUT2D eigenvalue weighted by atomic mass is 35.5. The van der Waals surface area contributed by atoms with E-state index in [9.17, 15) is 4.79 Å². The van der Waals surface area contributed by atoms with E-state index in [4.69, 9.17) is 16.3 Å². The zero-order valence-corrected chi connectivity index (χ0v) is 14.1. The molecule has 3 nitrogen and oxygen atoms in total. The Labute approximate surface area is 151 Å². The van der Waals surface area contributed by atoms with Crippen LogP contribution in [0.3, 0.4) is 0 Å². The van der Waals surface area contributed by atoms with E-state index in [1.165, 1.54) is 6.08 Å². The molecule has 25 heavy (non-hydrogen) atoms. The van der Waals surface area contributed by atoms with Crippen LogP contribution in [0, 0.1) is 0 Å². The lowest BCUT2D eigenvalue weighted by molar-refractivity contribution is 0.104. The van der Waals surface area contributed by atoms with Crippen molar-refractivity contribution in [3.8, 4) is 11.5 Å². The molecule has 3 aromatic carbocycles. The van der Waals surface area contributed by atoms with E-state index in [0.29, 0.717) is 16.3 Å². The van der Waals surface area contributed by atoms with Crippen molar-refractivity contribution in [1.82, 2.24) is 0 Å². The molecule has 0 radical (unpaired) electrons. The van der Waals surface area contributed by atoms with Crippen LogP contribution in [0.2, 0.25) is 5.02 Å². The normalized spacial score (nSPS) is 10.6. The molecule has 0 fully saturated rings. The zero-order valence-electron chi connectivity index (χ0n) is 13.4. The first kappa shape index (κ1) is 16.8. The van der Waals surface area contributed by atoms with E-state index >= 15 is 0 Å². The molecule has 0 aliphatic heterocycles. The van der Waals surface area contributed by atoms with Crippen molar-refractivity contribution in [3.05, 3.63) is 102 Å². The number of hydrogen-bond donors (Lipinski definition) is 1. The molecule has 3 rings (SSSR count). The van der Waals surface area contributed by atoms with Gasteiger partial charge in [0, 0.05) is 22.9 Å². The van der Waals surface area contributed by atoms with E-state index in [0.717, 1.165) is 11.4 Å². The second kappa shape index (κ2) is 8.18. The fourth-order valence-corrected chi connectivity index (χ4v) is 2.33. The molecule has 0 heterocycles. The number of rotatable bonds is 6. The molecule has 1 N–H and O–H groups in total. The summed E-state index contributed by atoms with van der Waals surface area (Å²) in [6.45, 7) is 0. The quantitative estimate of drug-likeness (QED) is 0.442. The first-order valence-corrected chi connectivity index (χ1v) is 8.15. The van der Waals surface area contributed by atoms with Gasteiger partial charge in [0.2, 0.25) is 0 Å². The van der Waals surface area contributed by atoms with Crippen molar-refractivity contribution in [3.63, 3.8) is 0 Å². The number of para-hydroxylation sites is 3. The molecule has 0 saturated heterocycles. The fourth-order valence-electron chi connectivity index (χ4n) is 2.21. The fraction of sp³-hybridized carbons (Fsp3) is 0. The van der Waals surface area contributed by atoms with Gasteiger partial charge in [-0.05, 0) is 48.5 Å². The number of benzene rings is 3. The highest BCUT2D eigenvalue weighted by Crippen LogP contribution is 2.29. The number of nitrogens with one attached hydrogen (secondary N) is 1. The number of hydrogen-bond acceptors (Lipinski definition) is 3. The van der Waals surface area contributed by atoms with Crippen molar-refractivity contribution < 1.29 is 9.53 Å². The van der Waals surface area contributed by atoms with Crippen LogP contribution in [0.25, 0.3) is 0 Å². The lowest BCUT2D eigenvalue weighted by Gasteiger charge is -2.10. The Morgan fingerprint density at radius 2 is 1.56 bits per heavy atom. The van der Waals surface area contributed by atoms with E-state index < -0.39 is 0 Å². The van der Waals surface area contributed by atoms with Crippen LogP contribution < -0.4 is 10.1 Å². The van der Waals surface area contributed by atoms with Gasteiger partial charge in [0.1, 0.15) is 5.75 Å². The topological polar surface area (TPSA) is 38.3 Å². The Balaban J connectivity index is 1.69. The first-order valence-electron chi connectivity index (χ1n) is 7.77. The Hall–Kier alpha value is -3.04. The molecule has 0 atom stereocenters. The van der Waals surface area contributed by atoms with Crippen LogP contribution in [0.15, 0.2) is 91.1 Å². The maximum atomic E-state index is 12.1. The standard InChI is InChI=1S/C21H16ClNO2/c22-17-12-10-16(11-13-17)20(24)14-15-23-19-8-4-5-9-21(19)25-18-6-2-1-3-7-18/h1-15,23H/b15-14+. The molecule has 3 aromatic rings. The van der Waals surface area contributed by atoms with Gasteiger partial charge in [0.05, 0.1) is 5.69 Å². The number of carbonyl (C=O) groups is 1. The summed E-state index contributed by atoms with van der Waals surface area (Å²) in [4.78, 5) is 12.1. The molecule has 0 aliphatic carbocycles. The monoisotopic (exact) mass is 349 g/mol. The third-order valence-electron chi connectivity index (χ3n) is 3.46. The molecule has 0 aromatic heterocycles. The molecule has 0 aliphatic rings. The van der Waals surface area contributed by atoms with Crippen LogP contribution in [0.5, 0.6) is 11.5 Å². The molecular weight excluding hydrogens is 334 g/mol. The molecule has 0 saturated carbocycles. The maximum Gasteiger partial charge on any atom is 0.187 e. The number of halogens is 1. The molecule has 0 spiro atoms. The van der Waals surface area contributed by atoms with Crippen LogP contribution in [-0.2, 0) is 0 Å². The van der Waals surface area contributed by atoms with Gasteiger partial charge < -0.3 is 10.1 Å². The SMILES string of the molecule is O=C(/C=C/Nc1ccccc1Oc1ccccc1)c1ccc(Cl)cc1. The van der Waals surface area contributed by atoms with Gasteiger partial charge in [-0.3, -0.25) is 4.79 Å². The molecule has 0 amide bonds. The van der Waals surface area contributed by atoms with Crippen LogP contribution in [0.1, 0.15) is 10.4 Å². The lowest BCUT2D eigenvalue weighted by atomic mass is 10.1. The Kier molecular flexibility index (Phi) is 5.50. The maximum absolute atomic E-state index is 12.1. The predicted octanol–water partition coefficient (Wildman–Crippen LogP) is 5.94. The average molecular weight is 350 g/mol. The summed E-state index contributed by atoms with van der Waals surface area (Å²) in [5, 5.41) is 3.70. The van der Waals surface area contributed by atoms with E-state index in [1.54, 1.807) is 30.5 Å². The van der Waals surface area contributed by atoms with Gasteiger partial charge in [-0.25, -0.2) is 0 Å². The van der Waals surface area contributed by atoms with Gasteiger partial charge in [0.15, 0.2) is 11.5 Å². The third kappa shape index (κ3) is 4.72. The van der Waals surface area contributed by atoms with Crippen LogP contribution >= 0.6 is 11.6 Å². The Morgan fingerprint density at radius 3 is 2.32 bits per heavy atom. The van der Waals surface area contributed by atoms with E-state index in [2.05, 4.69) is 5.32 Å². The third-order valence-corrected chi connectivity index (χ3v) is 3.71. The molecule has 0 bridgehead atoms. The van der Waals surface area contributed by atoms with Crippen molar-refractivity contribution in [2.24, 2.45) is 0 Å². The van der Waals surface area contributed by atoms with Crippen LogP contribution in [0.4, 0.5) is 5.69 Å². The minimum Gasteiger partial charge on any atom is -0.455 e. The summed E-state index contributed by atoms with van der Waals surface area (Å²) in [7, 11) is 0. The van der Waals surface area contributed by atoms with E-state index in [-0.39, 0.29) is 5.78 Å². The summed E-state index contributed by atoms with van der Waals surface area (Å²) < 4.78 is 5.87. The molecular formula is C21H16ClNO2. The Morgan fingerprint density at radius 1 is 0.880 bits per heavy atom. The first-order chi connectivity index (χ1) is 12.2. The summed E-state index contributed by atoms with van der Waals surface area (Å²) in [6.07, 6.45) is 3.08. The second-order valence-corrected chi connectivity index (χ2v) is 5.70. The van der Waals surface area contributed by atoms with Gasteiger partial charge in [0.25, 0.3) is 0 Å². The van der Waals surface area contributed by atoms with Crippen molar-refractivity contribution in [2.75, 3.05) is 5.32 Å². The van der Waals surface area contributed by atoms with Gasteiger partial charge >= 0.3 is 0 Å². The number of allylic oxidation sites excluding steroid dienone is 1. The van der Waals surface area contributed by atoms with Crippen molar-refractivity contribution in [1.29, 1.82) is 0 Å². The van der Waals surface area contributed by atoms with Gasteiger partial charge in [-0.2, -0.15) is 0 Å². The minimum absolute atomic E-state index is 0.106. The number of anilines is 1. The van der Waals surface area contributed by atoms with Crippen LogP contribution in [-0.4, -0.2) is 5.78 Å². The van der Waals surface area contributed by atoms with Crippen molar-refractivity contribution in [2.45, 2.75) is 0 Å². The van der Waals surface area contributed by atoms with Crippen molar-refractivity contribution >= 4 is 23.1 Å². The lowest BCUT2D eigenvalue weighted by Crippen LogP contribution is -1.97. The number of ether oxygens (including phenoxy) is 1. The summed E-state index contributed by atoms with van der Waals surface area (Å²) in [6, 6.07) is 23.9. The number of ketones is 1. The summed E-state index contributed by atoms with van der Waals surface area (Å²) in [5.41, 5.74) is 1.35. The van der Waals surface area contributed by atoms with Gasteiger partial charge in [-0.1, -0.05) is 41.9 Å². The molecule has 0 unspecified atom stereocenters. The van der Waals surface area contributed by atoms with Gasteiger partial charge in [-0.15, -0.1) is 0 Å². The highest BCUT2D eigenvalue weighted by molar-refractivity contribution is 6.30. The molecule has 4 heteroatoms. The highest BCUT2D eigenvalue weighted by Gasteiger charge is 2.04. The second-order valence-electron chi connectivity index (χ2n) is 5.26. The number of carbonyl (C=O) groups excluding carboxylic acids is 1. The largest absolute Gasteiger partial charge is 0.455 e. The minimum atomic E-state index is -0.106. The Bertz CT molecular complexity index is 874.